The topological polar surface area (TPSA) is 26.0 Å². The van der Waals surface area contributed by atoms with E-state index in [1.54, 1.807) is 0 Å². The second-order valence-corrected chi connectivity index (χ2v) is 3.15. The summed E-state index contributed by atoms with van der Waals surface area (Å²) in [4.78, 5) is 0. The summed E-state index contributed by atoms with van der Waals surface area (Å²) in [7, 11) is 3.92. The summed E-state index contributed by atoms with van der Waals surface area (Å²) in [5.41, 5.74) is 1.13. The van der Waals surface area contributed by atoms with Crippen LogP contribution in [0.2, 0.25) is 0 Å². The predicted octanol–water partition coefficient (Wildman–Crippen LogP) is 0.901. The minimum Gasteiger partial charge on any atom is -0.247 e. The summed E-state index contributed by atoms with van der Waals surface area (Å²) in [6.45, 7) is 7.90. The first-order valence-corrected chi connectivity index (χ1v) is 3.13. The van der Waals surface area contributed by atoms with E-state index in [4.69, 9.17) is 5.84 Å². The highest BCUT2D eigenvalue weighted by Gasteiger charge is 2.19. The van der Waals surface area contributed by atoms with Gasteiger partial charge >= 0.3 is 0 Å². The molecule has 0 fully saturated rings. The lowest BCUT2D eigenvalue weighted by atomic mass is 10.1. The van der Waals surface area contributed by atoms with Gasteiger partial charge in [-0.15, -0.1) is 0 Å². The Labute approximate surface area is 57.5 Å². The fourth-order valence-electron chi connectivity index (χ4n) is 0.568. The molecule has 9 heavy (non-hydrogen) atoms. The molecule has 2 N–H and O–H groups in total. The lowest BCUT2D eigenvalue weighted by Crippen LogP contribution is -2.53. The van der Waals surface area contributed by atoms with Gasteiger partial charge in [0.1, 0.15) is 6.04 Å². The van der Waals surface area contributed by atoms with Gasteiger partial charge in [0.15, 0.2) is 0 Å². The van der Waals surface area contributed by atoms with Crippen molar-refractivity contribution in [3.63, 3.8) is 0 Å². The SMILES string of the molecule is C=C(C)C(C)[N+](C)(C)N. The molecular weight excluding hydrogens is 112 g/mol. The van der Waals surface area contributed by atoms with Crippen LogP contribution in [0.1, 0.15) is 13.8 Å². The third-order valence-corrected chi connectivity index (χ3v) is 1.71. The summed E-state index contributed by atoms with van der Waals surface area (Å²) in [5, 5.41) is 0. The minimum absolute atomic E-state index is 0.338. The highest BCUT2D eigenvalue weighted by atomic mass is 15.6. The van der Waals surface area contributed by atoms with Crippen LogP contribution in [0.25, 0.3) is 0 Å². The van der Waals surface area contributed by atoms with Gasteiger partial charge in [0.05, 0.1) is 14.1 Å². The number of nitrogens with zero attached hydrogens (tertiary/aromatic N) is 1. The summed E-state index contributed by atoms with van der Waals surface area (Å²) in [6, 6.07) is 0.338. The van der Waals surface area contributed by atoms with E-state index >= 15 is 0 Å². The normalized spacial score (nSPS) is 15.2. The Hall–Kier alpha value is -0.340. The molecule has 0 aliphatic rings. The zero-order valence-corrected chi connectivity index (χ0v) is 6.81. The molecule has 1 unspecified atom stereocenters. The zero-order chi connectivity index (χ0) is 7.65. The van der Waals surface area contributed by atoms with Gasteiger partial charge in [0.25, 0.3) is 0 Å². The summed E-state index contributed by atoms with van der Waals surface area (Å²) >= 11 is 0. The van der Waals surface area contributed by atoms with Gasteiger partial charge < -0.3 is 0 Å². The van der Waals surface area contributed by atoms with Crippen LogP contribution in [-0.4, -0.2) is 24.7 Å². The predicted molar refractivity (Wildman–Crippen MR) is 40.6 cm³/mol. The van der Waals surface area contributed by atoms with Crippen LogP contribution in [0.15, 0.2) is 12.2 Å². The molecule has 0 aromatic rings. The molecule has 0 spiro atoms. The third-order valence-electron chi connectivity index (χ3n) is 1.71. The van der Waals surface area contributed by atoms with Crippen molar-refractivity contribution in [2.75, 3.05) is 14.1 Å². The van der Waals surface area contributed by atoms with Crippen molar-refractivity contribution < 1.29 is 4.59 Å². The highest BCUT2D eigenvalue weighted by molar-refractivity contribution is 4.94. The molecule has 0 heterocycles. The Balaban J connectivity index is 4.04. The molecule has 2 nitrogen and oxygen atoms in total. The number of hydrogen-bond donors (Lipinski definition) is 1. The van der Waals surface area contributed by atoms with Crippen LogP contribution in [0.4, 0.5) is 0 Å². The molecule has 0 aromatic heterocycles. The van der Waals surface area contributed by atoms with Crippen molar-refractivity contribution in [2.24, 2.45) is 5.84 Å². The molecule has 0 aliphatic carbocycles. The van der Waals surface area contributed by atoms with E-state index in [0.29, 0.717) is 10.6 Å². The molecule has 0 saturated carbocycles. The molecule has 0 amide bonds. The summed E-state index contributed by atoms with van der Waals surface area (Å²) in [6.07, 6.45) is 0. The molecule has 0 bridgehead atoms. The van der Waals surface area contributed by atoms with Crippen molar-refractivity contribution in [3.8, 4) is 0 Å². The fourth-order valence-corrected chi connectivity index (χ4v) is 0.568. The van der Waals surface area contributed by atoms with Gasteiger partial charge in [0, 0.05) is 0 Å². The third kappa shape index (κ3) is 2.63. The first kappa shape index (κ1) is 8.66. The molecule has 2 heteroatoms. The van der Waals surface area contributed by atoms with Crippen LogP contribution < -0.4 is 5.84 Å². The maximum atomic E-state index is 5.76. The number of likely N-dealkylation sites (N-methyl/N-ethyl adjacent to an activating group) is 1. The second kappa shape index (κ2) is 2.50. The molecule has 1 atom stereocenters. The molecule has 0 aliphatic heterocycles. The van der Waals surface area contributed by atoms with E-state index in [9.17, 15) is 0 Å². The van der Waals surface area contributed by atoms with E-state index in [2.05, 4.69) is 13.5 Å². The van der Waals surface area contributed by atoms with E-state index in [-0.39, 0.29) is 0 Å². The van der Waals surface area contributed by atoms with Crippen LogP contribution in [0.5, 0.6) is 0 Å². The van der Waals surface area contributed by atoms with Crippen LogP contribution in [0, 0.1) is 0 Å². The number of hydrogen-bond acceptors (Lipinski definition) is 1. The van der Waals surface area contributed by atoms with Crippen LogP contribution in [-0.2, 0) is 0 Å². The van der Waals surface area contributed by atoms with E-state index < -0.39 is 0 Å². The van der Waals surface area contributed by atoms with Crippen molar-refractivity contribution in [3.05, 3.63) is 12.2 Å². The maximum absolute atomic E-state index is 5.76. The Morgan fingerprint density at radius 1 is 1.56 bits per heavy atom. The maximum Gasteiger partial charge on any atom is 0.124 e. The molecule has 0 saturated heterocycles. The number of rotatable bonds is 2. The van der Waals surface area contributed by atoms with Gasteiger partial charge in [-0.2, -0.15) is 5.84 Å². The standard InChI is InChI=1S/C7H17N2/c1-6(2)7(3)9(4,5)8/h7H,1,8H2,2-5H3/q+1. The number of quaternary nitrogens is 1. The minimum atomic E-state index is 0.338. The van der Waals surface area contributed by atoms with E-state index in [1.165, 1.54) is 0 Å². The first-order valence-electron chi connectivity index (χ1n) is 3.13. The van der Waals surface area contributed by atoms with Gasteiger partial charge in [-0.05, 0) is 19.4 Å². The number of nitrogens with two attached hydrogens (primary N) is 1. The molecule has 0 aromatic carbocycles. The van der Waals surface area contributed by atoms with Gasteiger partial charge in [-0.25, -0.2) is 4.59 Å². The zero-order valence-electron chi connectivity index (χ0n) is 6.81. The average molecular weight is 129 g/mol. The van der Waals surface area contributed by atoms with E-state index in [1.807, 2.05) is 21.0 Å². The quantitative estimate of drug-likeness (QED) is 0.255. The van der Waals surface area contributed by atoms with Crippen molar-refractivity contribution in [1.29, 1.82) is 0 Å². The van der Waals surface area contributed by atoms with Crippen molar-refractivity contribution >= 4 is 0 Å². The first-order chi connectivity index (χ1) is 3.85. The smallest absolute Gasteiger partial charge is 0.124 e. The summed E-state index contributed by atoms with van der Waals surface area (Å²) < 4.78 is 0.468. The Kier molecular flexibility index (Phi) is 2.40. The summed E-state index contributed by atoms with van der Waals surface area (Å²) in [5.74, 6) is 5.76. The van der Waals surface area contributed by atoms with Gasteiger partial charge in [-0.3, -0.25) is 0 Å². The Morgan fingerprint density at radius 3 is 1.89 bits per heavy atom. The molecule has 0 rings (SSSR count). The molecule has 54 valence electrons. The lowest BCUT2D eigenvalue weighted by molar-refractivity contribution is -0.919. The Morgan fingerprint density at radius 2 is 1.89 bits per heavy atom. The van der Waals surface area contributed by atoms with Gasteiger partial charge in [0.2, 0.25) is 0 Å². The average Bonchev–Trinajstić information content (AvgIpc) is 1.62. The van der Waals surface area contributed by atoms with Gasteiger partial charge in [-0.1, -0.05) is 6.58 Å². The lowest BCUT2D eigenvalue weighted by Gasteiger charge is -2.29. The highest BCUT2D eigenvalue weighted by Crippen LogP contribution is 2.06. The molecule has 0 radical (unpaired) electrons. The van der Waals surface area contributed by atoms with Crippen LogP contribution >= 0.6 is 0 Å². The fraction of sp³-hybridized carbons (Fsp3) is 0.714. The van der Waals surface area contributed by atoms with Crippen LogP contribution in [0.3, 0.4) is 0 Å². The van der Waals surface area contributed by atoms with Crippen molar-refractivity contribution in [2.45, 2.75) is 19.9 Å². The monoisotopic (exact) mass is 129 g/mol. The van der Waals surface area contributed by atoms with Crippen molar-refractivity contribution in [1.82, 2.24) is 0 Å². The largest absolute Gasteiger partial charge is 0.247 e. The molecular formula is C7H17N2+. The second-order valence-electron chi connectivity index (χ2n) is 3.15. The van der Waals surface area contributed by atoms with E-state index in [0.717, 1.165) is 5.57 Å². The Bertz CT molecular complexity index is 111.